The fourth-order valence-electron chi connectivity index (χ4n) is 9.67. The standard InChI is InChI=1S/C46H46F2N12O7S/c47-30-11-14-58(26-30)68(65,66)54-38-6-4-36(48)43(35(38)21-49)67-32-2-5-37-34(20-32)46(64)60(27-52-37)41-23-50-40(22-51-41)57-17-15-55(16-18-57)24-28-9-12-56(13-10-28)31-1-3-33-29(19-31)25-59(45(33)63)39-7-8-42(61)53-44(39)62/h1-6,19-20,22-23,27-28,30,39,54H,7-18,24-26H2,(H,53,61,62)/t30-,39?/m1/s1. The first kappa shape index (κ1) is 44.7. The molecule has 2 N–H and O–H groups in total. The Balaban J connectivity index is 0.733. The van der Waals surface area contributed by atoms with Crippen LogP contribution in [0.4, 0.5) is 26.0 Å². The van der Waals surface area contributed by atoms with Gasteiger partial charge in [0.05, 0.1) is 29.0 Å². The Kier molecular flexibility index (Phi) is 12.0. The summed E-state index contributed by atoms with van der Waals surface area (Å²) in [5, 5.41) is 12.4. The number of alkyl halides is 1. The Hall–Kier alpha value is -7.09. The first-order chi connectivity index (χ1) is 32.8. The van der Waals surface area contributed by atoms with Crippen LogP contribution in [0.5, 0.6) is 11.5 Å². The number of ether oxygens (including phenoxy) is 1. The number of amides is 3. The molecule has 7 heterocycles. The summed E-state index contributed by atoms with van der Waals surface area (Å²) in [4.78, 5) is 73.2. The lowest BCUT2D eigenvalue weighted by Crippen LogP contribution is -2.52. The van der Waals surface area contributed by atoms with Crippen molar-refractivity contribution in [3.05, 3.63) is 100 Å². The average molecular weight is 949 g/mol. The lowest BCUT2D eigenvalue weighted by Gasteiger charge is -2.39. The van der Waals surface area contributed by atoms with E-state index in [0.717, 1.165) is 86.3 Å². The molecule has 3 amide bonds. The number of aromatic nitrogens is 4. The molecule has 2 aromatic heterocycles. The Morgan fingerprint density at radius 3 is 2.37 bits per heavy atom. The first-order valence-electron chi connectivity index (χ1n) is 22.5. The smallest absolute Gasteiger partial charge is 0.301 e. The molecule has 0 bridgehead atoms. The zero-order valence-corrected chi connectivity index (χ0v) is 37.5. The minimum Gasteiger partial charge on any atom is -0.453 e. The van der Waals surface area contributed by atoms with Crippen molar-refractivity contribution in [1.29, 1.82) is 5.26 Å². The molecule has 4 saturated heterocycles. The number of anilines is 3. The average Bonchev–Trinajstić information content (AvgIpc) is 3.93. The van der Waals surface area contributed by atoms with Crippen molar-refractivity contribution < 1.29 is 36.3 Å². The number of halogens is 2. The minimum absolute atomic E-state index is 0.0205. The summed E-state index contributed by atoms with van der Waals surface area (Å²) in [6.45, 7) is 5.95. The van der Waals surface area contributed by atoms with E-state index in [-0.39, 0.29) is 60.4 Å². The summed E-state index contributed by atoms with van der Waals surface area (Å²) in [5.41, 5.74) is 1.68. The Morgan fingerprint density at radius 1 is 0.868 bits per heavy atom. The molecule has 5 aromatic rings. The van der Waals surface area contributed by atoms with E-state index in [4.69, 9.17) is 4.74 Å². The Bertz CT molecular complexity index is 3040. The second kappa shape index (κ2) is 18.2. The van der Waals surface area contributed by atoms with Crippen LogP contribution in [0.15, 0.2) is 72.0 Å². The number of piperazine rings is 1. The number of fused-ring (bicyclic) bond motifs is 2. The van der Waals surface area contributed by atoms with Gasteiger partial charge in [0.2, 0.25) is 11.8 Å². The molecule has 0 aliphatic carbocycles. The van der Waals surface area contributed by atoms with Gasteiger partial charge < -0.3 is 19.4 Å². The maximum absolute atomic E-state index is 15.2. The zero-order chi connectivity index (χ0) is 47.3. The second-order valence-electron chi connectivity index (χ2n) is 17.7. The van der Waals surface area contributed by atoms with Crippen molar-refractivity contribution in [3.8, 4) is 23.4 Å². The predicted molar refractivity (Wildman–Crippen MR) is 244 cm³/mol. The van der Waals surface area contributed by atoms with Crippen molar-refractivity contribution in [2.75, 3.05) is 73.4 Å². The molecule has 10 rings (SSSR count). The van der Waals surface area contributed by atoms with Crippen LogP contribution in [0, 0.1) is 23.1 Å². The third-order valence-electron chi connectivity index (χ3n) is 13.4. The van der Waals surface area contributed by atoms with E-state index in [1.807, 2.05) is 12.1 Å². The fraction of sp³-hybridized carbons (Fsp3) is 0.391. The van der Waals surface area contributed by atoms with Gasteiger partial charge in [0.15, 0.2) is 17.4 Å². The largest absolute Gasteiger partial charge is 0.453 e. The van der Waals surface area contributed by atoms with Gasteiger partial charge in [0.1, 0.15) is 41.7 Å². The van der Waals surface area contributed by atoms with E-state index in [9.17, 15) is 37.2 Å². The number of rotatable bonds is 11. The molecule has 5 aliphatic heterocycles. The van der Waals surface area contributed by atoms with Crippen LogP contribution in [0.25, 0.3) is 16.7 Å². The molecule has 2 atom stereocenters. The highest BCUT2D eigenvalue weighted by molar-refractivity contribution is 7.90. The van der Waals surface area contributed by atoms with Gasteiger partial charge in [0.25, 0.3) is 11.5 Å². The molecule has 0 spiro atoms. The van der Waals surface area contributed by atoms with Crippen LogP contribution in [0.3, 0.4) is 0 Å². The zero-order valence-electron chi connectivity index (χ0n) is 36.7. The van der Waals surface area contributed by atoms with Gasteiger partial charge in [-0.15, -0.1) is 0 Å². The number of nitrogens with zero attached hydrogens (tertiary/aromatic N) is 10. The third kappa shape index (κ3) is 8.79. The Morgan fingerprint density at radius 2 is 1.65 bits per heavy atom. The highest BCUT2D eigenvalue weighted by Crippen LogP contribution is 2.36. The van der Waals surface area contributed by atoms with Crippen LogP contribution >= 0.6 is 0 Å². The van der Waals surface area contributed by atoms with E-state index in [1.54, 1.807) is 17.2 Å². The number of hydrogen-bond donors (Lipinski definition) is 2. The van der Waals surface area contributed by atoms with Crippen LogP contribution in [-0.4, -0.2) is 131 Å². The Labute approximate surface area is 389 Å². The number of carbonyl (C=O) groups excluding carboxylic acids is 3. The summed E-state index contributed by atoms with van der Waals surface area (Å²) in [6, 6.07) is 13.4. The number of nitriles is 1. The molecule has 4 fully saturated rings. The number of carbonyl (C=O) groups is 3. The first-order valence-corrected chi connectivity index (χ1v) is 23.9. The SMILES string of the molecule is N#Cc1c(NS(=O)(=O)N2CC[C@@H](F)C2)ccc(F)c1Oc1ccc2ncn(-c3cnc(N4CCN(CC5CCN(c6ccc7c(c6)CN(C6CCC(=O)NC6=O)C7=O)CC5)CC4)cn3)c(=O)c2c1. The second-order valence-corrected chi connectivity index (χ2v) is 19.3. The topological polar surface area (TPSA) is 219 Å². The monoisotopic (exact) mass is 948 g/mol. The van der Waals surface area contributed by atoms with Crippen molar-refractivity contribution >= 4 is 56.0 Å². The van der Waals surface area contributed by atoms with Gasteiger partial charge in [-0.25, -0.2) is 28.3 Å². The molecule has 3 aromatic carbocycles. The number of piperidine rings is 2. The molecule has 5 aliphatic rings. The van der Waals surface area contributed by atoms with Crippen LogP contribution < -0.4 is 30.1 Å². The van der Waals surface area contributed by atoms with Crippen molar-refractivity contribution in [3.63, 3.8) is 0 Å². The molecular formula is C46H46F2N12O7S. The maximum Gasteiger partial charge on any atom is 0.301 e. The summed E-state index contributed by atoms with van der Waals surface area (Å²) in [6.07, 6.45) is 5.79. The quantitative estimate of drug-likeness (QED) is 0.181. The summed E-state index contributed by atoms with van der Waals surface area (Å²) < 4.78 is 64.9. The highest BCUT2D eigenvalue weighted by atomic mass is 32.2. The summed E-state index contributed by atoms with van der Waals surface area (Å²) in [7, 11) is -4.25. The third-order valence-corrected chi connectivity index (χ3v) is 14.9. The molecule has 68 heavy (non-hydrogen) atoms. The molecule has 352 valence electrons. The van der Waals surface area contributed by atoms with Gasteiger partial charge in [-0.3, -0.25) is 34.1 Å². The molecule has 1 unspecified atom stereocenters. The van der Waals surface area contributed by atoms with Crippen molar-refractivity contribution in [2.45, 2.75) is 50.9 Å². The molecule has 22 heteroatoms. The van der Waals surface area contributed by atoms with Crippen molar-refractivity contribution in [2.24, 2.45) is 5.92 Å². The van der Waals surface area contributed by atoms with Crippen LogP contribution in [0.2, 0.25) is 0 Å². The van der Waals surface area contributed by atoms with Crippen LogP contribution in [-0.2, 0) is 26.3 Å². The van der Waals surface area contributed by atoms with Gasteiger partial charge >= 0.3 is 10.2 Å². The minimum atomic E-state index is -4.25. The van der Waals surface area contributed by atoms with Gasteiger partial charge in [-0.2, -0.15) is 18.0 Å². The van der Waals surface area contributed by atoms with E-state index in [2.05, 4.69) is 45.8 Å². The van der Waals surface area contributed by atoms with Crippen molar-refractivity contribution in [1.82, 2.24) is 38.9 Å². The van der Waals surface area contributed by atoms with E-state index in [1.165, 1.54) is 35.3 Å². The molecule has 0 radical (unpaired) electrons. The van der Waals surface area contributed by atoms with E-state index < -0.39 is 51.0 Å². The summed E-state index contributed by atoms with van der Waals surface area (Å²) >= 11 is 0. The van der Waals surface area contributed by atoms with Gasteiger partial charge in [0, 0.05) is 83.1 Å². The maximum atomic E-state index is 15.2. The van der Waals surface area contributed by atoms with E-state index in [0.29, 0.717) is 35.8 Å². The lowest BCUT2D eigenvalue weighted by atomic mass is 9.95. The van der Waals surface area contributed by atoms with Gasteiger partial charge in [-0.05, 0) is 85.7 Å². The summed E-state index contributed by atoms with van der Waals surface area (Å²) in [5.74, 6) is -1.000. The van der Waals surface area contributed by atoms with Crippen LogP contribution in [0.1, 0.15) is 53.6 Å². The van der Waals surface area contributed by atoms with Gasteiger partial charge in [-0.1, -0.05) is 0 Å². The normalized spacial score (nSPS) is 20.7. The molecular weight excluding hydrogens is 903 g/mol. The predicted octanol–water partition coefficient (Wildman–Crippen LogP) is 3.48. The number of benzene rings is 3. The highest BCUT2D eigenvalue weighted by Gasteiger charge is 2.39. The molecule has 0 saturated carbocycles. The number of imide groups is 1. The fourth-order valence-corrected chi connectivity index (χ4v) is 10.9. The van der Waals surface area contributed by atoms with E-state index >= 15 is 4.39 Å². The lowest BCUT2D eigenvalue weighted by molar-refractivity contribution is -0.136. The molecule has 19 nitrogen and oxygen atoms in total. The number of nitrogens with one attached hydrogen (secondary N) is 2. The number of hydrogen-bond acceptors (Lipinski definition) is 14.